The van der Waals surface area contributed by atoms with Gasteiger partial charge in [-0.15, -0.1) is 11.8 Å². The molecule has 8 rings (SSSR count). The molecule has 4 aromatic rings. The van der Waals surface area contributed by atoms with Gasteiger partial charge in [0.15, 0.2) is 11.5 Å². The summed E-state index contributed by atoms with van der Waals surface area (Å²) in [6.07, 6.45) is 3.58. The number of thioether (sulfide) groups is 1. The van der Waals surface area contributed by atoms with E-state index in [0.717, 1.165) is 30.7 Å². The lowest BCUT2D eigenvalue weighted by atomic mass is 9.86. The monoisotopic (exact) mass is 839 g/mol. The molecule has 12 nitrogen and oxygen atoms in total. The van der Waals surface area contributed by atoms with Crippen LogP contribution in [0.25, 0.3) is 0 Å². The molecule has 2 bridgehead atoms. The summed E-state index contributed by atoms with van der Waals surface area (Å²) in [6.45, 7) is 2.43. The van der Waals surface area contributed by atoms with Crippen LogP contribution < -0.4 is 19.1 Å². The maximum Gasteiger partial charge on any atom is 0.415 e. The van der Waals surface area contributed by atoms with Crippen molar-refractivity contribution in [1.29, 1.82) is 0 Å². The second-order valence-corrected chi connectivity index (χ2v) is 16.3. The first-order valence-electron chi connectivity index (χ1n) is 18.5. The highest BCUT2D eigenvalue weighted by atomic mass is 35.5. The predicted molar refractivity (Wildman–Crippen MR) is 212 cm³/mol. The number of fused-ring (bicyclic) bond motifs is 3. The van der Waals surface area contributed by atoms with Gasteiger partial charge in [0.1, 0.15) is 28.0 Å². The number of benzene rings is 3. The molecule has 0 saturated carbocycles. The van der Waals surface area contributed by atoms with E-state index >= 15 is 4.39 Å². The molecule has 3 aromatic carbocycles. The van der Waals surface area contributed by atoms with Crippen LogP contribution in [0, 0.1) is 11.7 Å². The normalized spacial score (nSPS) is 21.8. The number of carboxylic acid groups (broad SMARTS) is 1. The molecule has 0 spiro atoms. The molecule has 4 saturated heterocycles. The third-order valence-corrected chi connectivity index (χ3v) is 13.0. The van der Waals surface area contributed by atoms with Crippen LogP contribution in [0.4, 0.5) is 14.9 Å². The Hall–Kier alpha value is -4.76. The highest BCUT2D eigenvalue weighted by Crippen LogP contribution is 2.45. The zero-order chi connectivity index (χ0) is 40.4. The summed E-state index contributed by atoms with van der Waals surface area (Å²) in [5.74, 6) is -1.71. The number of para-hydroxylation sites is 1. The SMILES string of the molecule is COc1ccc([C@H](Cc2c(Cl)c[n+](O)cc2Cl)C2SC[C@@H](C(=O)O)N2C(=O)c2cccc(CN(C(=O)O[C@H]3CN4CCC3CC4)c3ccccc3F)c2)cc1OC. The lowest BCUT2D eigenvalue weighted by Crippen LogP contribution is -2.53. The number of aromatic nitrogens is 1. The van der Waals surface area contributed by atoms with Crippen molar-refractivity contribution in [2.75, 3.05) is 44.5 Å². The van der Waals surface area contributed by atoms with Gasteiger partial charge < -0.3 is 24.2 Å². The van der Waals surface area contributed by atoms with E-state index in [1.54, 1.807) is 42.5 Å². The Morgan fingerprint density at radius 2 is 1.70 bits per heavy atom. The lowest BCUT2D eigenvalue weighted by Gasteiger charge is -2.44. The number of rotatable bonds is 12. The van der Waals surface area contributed by atoms with Crippen molar-refractivity contribution in [2.24, 2.45) is 5.92 Å². The van der Waals surface area contributed by atoms with E-state index in [9.17, 15) is 24.7 Å². The molecule has 57 heavy (non-hydrogen) atoms. The number of halogens is 3. The minimum absolute atomic E-state index is 0.0326. The molecule has 2 N–H and O–H groups in total. The number of methoxy groups -OCH3 is 2. The fourth-order valence-electron chi connectivity index (χ4n) is 8.00. The van der Waals surface area contributed by atoms with Crippen LogP contribution in [0.1, 0.15) is 45.8 Å². The van der Waals surface area contributed by atoms with Gasteiger partial charge in [-0.1, -0.05) is 53.5 Å². The minimum atomic E-state index is -1.20. The smallest absolute Gasteiger partial charge is 0.415 e. The summed E-state index contributed by atoms with van der Waals surface area (Å²) in [6, 6.07) is 16.6. The summed E-state index contributed by atoms with van der Waals surface area (Å²) < 4.78 is 33.2. The molecule has 4 fully saturated rings. The van der Waals surface area contributed by atoms with Gasteiger partial charge in [0.2, 0.25) is 12.4 Å². The van der Waals surface area contributed by atoms with E-state index < -0.39 is 41.1 Å². The number of piperidine rings is 3. The number of anilines is 1. The van der Waals surface area contributed by atoms with E-state index in [-0.39, 0.29) is 52.0 Å². The van der Waals surface area contributed by atoms with Gasteiger partial charge in [0, 0.05) is 34.1 Å². The molecule has 1 aromatic heterocycles. The van der Waals surface area contributed by atoms with E-state index in [1.165, 1.54) is 66.4 Å². The first-order valence-corrected chi connectivity index (χ1v) is 20.3. The Kier molecular flexibility index (Phi) is 12.3. The van der Waals surface area contributed by atoms with E-state index in [1.807, 2.05) is 6.07 Å². The summed E-state index contributed by atoms with van der Waals surface area (Å²) in [5, 5.41) is 20.1. The number of carbonyl (C=O) groups is 3. The maximum absolute atomic E-state index is 15.3. The molecule has 2 amide bonds. The van der Waals surface area contributed by atoms with Gasteiger partial charge in [0.25, 0.3) is 5.91 Å². The van der Waals surface area contributed by atoms with E-state index in [2.05, 4.69) is 4.90 Å². The van der Waals surface area contributed by atoms with Gasteiger partial charge in [0.05, 0.1) is 31.8 Å². The first kappa shape index (κ1) is 40.4. The van der Waals surface area contributed by atoms with E-state index in [0.29, 0.717) is 34.7 Å². The van der Waals surface area contributed by atoms with Crippen molar-refractivity contribution < 1.29 is 48.0 Å². The Morgan fingerprint density at radius 1 is 0.982 bits per heavy atom. The van der Waals surface area contributed by atoms with Crippen LogP contribution in [0.3, 0.4) is 0 Å². The largest absolute Gasteiger partial charge is 0.493 e. The van der Waals surface area contributed by atoms with Crippen LogP contribution in [0.2, 0.25) is 10.0 Å². The number of hydrogen-bond donors (Lipinski definition) is 2. The van der Waals surface area contributed by atoms with Crippen LogP contribution in [0.15, 0.2) is 79.1 Å². The van der Waals surface area contributed by atoms with Gasteiger partial charge >= 0.3 is 12.1 Å². The molecule has 4 aliphatic heterocycles. The third-order valence-electron chi connectivity index (χ3n) is 11.0. The third kappa shape index (κ3) is 8.59. The highest BCUT2D eigenvalue weighted by Gasteiger charge is 2.46. The quantitative estimate of drug-likeness (QED) is 0.115. The van der Waals surface area contributed by atoms with Crippen molar-refractivity contribution in [3.05, 3.63) is 117 Å². The number of nitrogens with zero attached hydrogens (tertiary/aromatic N) is 4. The Balaban J connectivity index is 1.22. The second kappa shape index (κ2) is 17.4. The van der Waals surface area contributed by atoms with Gasteiger partial charge in [-0.2, -0.15) is 0 Å². The Bertz CT molecular complexity index is 2130. The van der Waals surface area contributed by atoms with Crippen LogP contribution >= 0.6 is 35.0 Å². The second-order valence-electron chi connectivity index (χ2n) is 14.3. The van der Waals surface area contributed by atoms with Crippen LogP contribution in [-0.4, -0.2) is 95.2 Å². The standard InChI is InChI=1S/C41H41Cl2FN4O8S/c1-54-35-11-10-26(17-36(35)55-2)28(18-29-30(42)20-46(53)21-31(29)43)39-48(34(23-57-39)40(50)51)38(49)27-7-5-6-24(16-27)19-47(33-9-4-3-8-32(33)44)41(52)56-37-22-45-14-12-25(37)13-15-45/h3-11,16-17,20-21,25,28,34,37,39H,12-15,18-19,22-23H2,1-2H3,(H-,50,51,53)/p+1/t28-,34-,37-,39?/m0/s1. The van der Waals surface area contributed by atoms with Gasteiger partial charge in [-0.3, -0.25) is 19.8 Å². The van der Waals surface area contributed by atoms with Crippen molar-refractivity contribution in [3.63, 3.8) is 0 Å². The number of pyridine rings is 1. The molecule has 300 valence electrons. The Morgan fingerprint density at radius 3 is 2.35 bits per heavy atom. The van der Waals surface area contributed by atoms with Crippen molar-refractivity contribution in [2.45, 2.75) is 49.2 Å². The molecule has 5 heterocycles. The maximum atomic E-state index is 15.3. The first-order chi connectivity index (χ1) is 27.4. The molecule has 16 heteroatoms. The number of hydrogen-bond acceptors (Lipinski definition) is 9. The molecule has 4 aliphatic rings. The topological polar surface area (TPSA) is 133 Å². The average Bonchev–Trinajstić information content (AvgIpc) is 3.65. The number of carbonyl (C=O) groups excluding carboxylic acids is 2. The zero-order valence-corrected chi connectivity index (χ0v) is 33.6. The summed E-state index contributed by atoms with van der Waals surface area (Å²) in [4.78, 5) is 46.3. The van der Waals surface area contributed by atoms with Crippen molar-refractivity contribution in [1.82, 2.24) is 9.80 Å². The van der Waals surface area contributed by atoms with Crippen molar-refractivity contribution in [3.8, 4) is 11.5 Å². The zero-order valence-electron chi connectivity index (χ0n) is 31.2. The molecule has 4 atom stereocenters. The van der Waals surface area contributed by atoms with E-state index in [4.69, 9.17) is 37.4 Å². The summed E-state index contributed by atoms with van der Waals surface area (Å²) in [7, 11) is 3.01. The number of carboxylic acids is 1. The van der Waals surface area contributed by atoms with Crippen LogP contribution in [0.5, 0.6) is 11.5 Å². The molecule has 0 aliphatic carbocycles. The highest BCUT2D eigenvalue weighted by molar-refractivity contribution is 8.00. The summed E-state index contributed by atoms with van der Waals surface area (Å²) in [5.41, 5.74) is 1.88. The summed E-state index contributed by atoms with van der Waals surface area (Å²) >= 11 is 14.5. The average molecular weight is 841 g/mol. The fraction of sp³-hybridized carbons (Fsp3) is 0.366. The van der Waals surface area contributed by atoms with Gasteiger partial charge in [-0.05, 0) is 85.8 Å². The molecule has 0 radical (unpaired) electrons. The number of amides is 2. The molecule has 1 unspecified atom stereocenters. The number of ether oxygens (including phenoxy) is 3. The predicted octanol–water partition coefficient (Wildman–Crippen LogP) is 6.91. The molecular weight excluding hydrogens is 798 g/mol. The van der Waals surface area contributed by atoms with Crippen molar-refractivity contribution >= 4 is 58.6 Å². The van der Waals surface area contributed by atoms with Gasteiger partial charge in [-0.25, -0.2) is 14.0 Å². The fourth-order valence-corrected chi connectivity index (χ4v) is 10.2. The Labute approximate surface area is 343 Å². The molecular formula is C41H42Cl2FN4O8S+. The number of aliphatic carboxylic acids is 1. The van der Waals surface area contributed by atoms with Crippen LogP contribution in [-0.2, 0) is 22.5 Å². The minimum Gasteiger partial charge on any atom is -0.493 e. The lowest BCUT2D eigenvalue weighted by molar-refractivity contribution is -0.904.